The molecule has 0 bridgehead atoms. The van der Waals surface area contributed by atoms with E-state index < -0.39 is 0 Å². The smallest absolute Gasteiger partial charge is 0.245 e. The number of carbonyl (C=O) groups excluding carboxylic acids is 2. The number of amides is 2. The average Bonchev–Trinajstić information content (AvgIpc) is 2.77. The second-order valence-corrected chi connectivity index (χ2v) is 7.97. The molecule has 124 valence electrons. The van der Waals surface area contributed by atoms with Gasteiger partial charge in [-0.3, -0.25) is 9.59 Å². The van der Waals surface area contributed by atoms with Gasteiger partial charge in [-0.2, -0.15) is 0 Å². The lowest BCUT2D eigenvalue weighted by Crippen LogP contribution is -2.40. The Hall–Kier alpha value is -1.43. The third kappa shape index (κ3) is 7.02. The molecular formula is C16H27N3O2S. The number of thiazole rings is 1. The summed E-state index contributed by atoms with van der Waals surface area (Å²) in [4.78, 5) is 31.3. The van der Waals surface area contributed by atoms with E-state index >= 15 is 0 Å². The quantitative estimate of drug-likeness (QED) is 0.835. The van der Waals surface area contributed by atoms with Crippen molar-refractivity contribution in [2.75, 3.05) is 18.4 Å². The van der Waals surface area contributed by atoms with Gasteiger partial charge in [0.05, 0.1) is 6.54 Å². The summed E-state index contributed by atoms with van der Waals surface area (Å²) >= 11 is 1.43. The minimum Gasteiger partial charge on any atom is -0.333 e. The maximum atomic E-state index is 12.4. The standard InChI is InChI=1S/C16H27N3O2S/c1-6-7-8-19(14(21)9-16(3,4)5)11-13(20)18-15-17-10-12(2)22-15/h10H,6-9,11H2,1-5H3,(H,17,18,20). The third-order valence-electron chi connectivity index (χ3n) is 3.02. The van der Waals surface area contributed by atoms with Crippen LogP contribution in [0.3, 0.4) is 0 Å². The normalized spacial score (nSPS) is 11.3. The second-order valence-electron chi connectivity index (χ2n) is 6.73. The van der Waals surface area contributed by atoms with Crippen LogP contribution in [0.4, 0.5) is 5.13 Å². The number of carbonyl (C=O) groups is 2. The molecule has 1 N–H and O–H groups in total. The summed E-state index contributed by atoms with van der Waals surface area (Å²) < 4.78 is 0. The number of hydrogen-bond donors (Lipinski definition) is 1. The minimum absolute atomic E-state index is 0.0337. The highest BCUT2D eigenvalue weighted by Crippen LogP contribution is 2.20. The van der Waals surface area contributed by atoms with Crippen molar-refractivity contribution < 1.29 is 9.59 Å². The number of unbranched alkanes of at least 4 members (excludes halogenated alkanes) is 1. The summed E-state index contributed by atoms with van der Waals surface area (Å²) in [5, 5.41) is 3.35. The zero-order chi connectivity index (χ0) is 16.8. The van der Waals surface area contributed by atoms with E-state index in [-0.39, 0.29) is 23.8 Å². The Labute approximate surface area is 137 Å². The van der Waals surface area contributed by atoms with Gasteiger partial charge in [-0.25, -0.2) is 4.98 Å². The first-order valence-electron chi connectivity index (χ1n) is 7.71. The van der Waals surface area contributed by atoms with Gasteiger partial charge in [-0.05, 0) is 18.8 Å². The van der Waals surface area contributed by atoms with E-state index in [4.69, 9.17) is 0 Å². The molecule has 1 rings (SSSR count). The molecule has 0 atom stereocenters. The molecule has 0 unspecified atom stereocenters. The number of nitrogens with zero attached hydrogens (tertiary/aromatic N) is 2. The lowest BCUT2D eigenvalue weighted by atomic mass is 9.91. The molecule has 0 radical (unpaired) electrons. The van der Waals surface area contributed by atoms with Crippen LogP contribution >= 0.6 is 11.3 Å². The van der Waals surface area contributed by atoms with Crippen LogP contribution in [0.15, 0.2) is 6.20 Å². The summed E-state index contributed by atoms with van der Waals surface area (Å²) in [5.41, 5.74) is -0.0789. The number of aryl methyl sites for hydroxylation is 1. The number of rotatable bonds is 7. The van der Waals surface area contributed by atoms with E-state index in [1.165, 1.54) is 11.3 Å². The fourth-order valence-corrected chi connectivity index (χ4v) is 2.63. The number of nitrogens with one attached hydrogen (secondary N) is 1. The first-order chi connectivity index (χ1) is 10.2. The van der Waals surface area contributed by atoms with Gasteiger partial charge in [0, 0.05) is 24.0 Å². The largest absolute Gasteiger partial charge is 0.333 e. The van der Waals surface area contributed by atoms with Crippen molar-refractivity contribution in [1.29, 1.82) is 0 Å². The molecule has 22 heavy (non-hydrogen) atoms. The molecule has 0 saturated heterocycles. The highest BCUT2D eigenvalue weighted by Gasteiger charge is 2.22. The zero-order valence-electron chi connectivity index (χ0n) is 14.2. The van der Waals surface area contributed by atoms with Gasteiger partial charge in [-0.15, -0.1) is 11.3 Å². The molecule has 0 aliphatic heterocycles. The SMILES string of the molecule is CCCCN(CC(=O)Nc1ncc(C)s1)C(=O)CC(C)(C)C. The number of hydrogen-bond acceptors (Lipinski definition) is 4. The van der Waals surface area contributed by atoms with Gasteiger partial charge in [0.2, 0.25) is 11.8 Å². The molecule has 0 aliphatic carbocycles. The lowest BCUT2D eigenvalue weighted by Gasteiger charge is -2.26. The summed E-state index contributed by atoms with van der Waals surface area (Å²) in [6, 6.07) is 0. The van der Waals surface area contributed by atoms with Crippen LogP contribution in [0, 0.1) is 12.3 Å². The average molecular weight is 325 g/mol. The Balaban J connectivity index is 2.63. The third-order valence-corrected chi connectivity index (χ3v) is 3.85. The van der Waals surface area contributed by atoms with E-state index in [1.54, 1.807) is 11.1 Å². The molecule has 0 spiro atoms. The molecule has 0 aromatic carbocycles. The van der Waals surface area contributed by atoms with Gasteiger partial charge < -0.3 is 10.2 Å². The van der Waals surface area contributed by atoms with Crippen molar-refractivity contribution in [2.24, 2.45) is 5.41 Å². The molecule has 1 aromatic rings. The molecule has 2 amide bonds. The Morgan fingerprint density at radius 3 is 2.55 bits per heavy atom. The Bertz CT molecular complexity index is 506. The fraction of sp³-hybridized carbons (Fsp3) is 0.688. The maximum absolute atomic E-state index is 12.4. The number of aromatic nitrogens is 1. The monoisotopic (exact) mass is 325 g/mol. The highest BCUT2D eigenvalue weighted by atomic mass is 32.1. The van der Waals surface area contributed by atoms with Crippen molar-refractivity contribution in [3.63, 3.8) is 0 Å². The molecule has 6 heteroatoms. The van der Waals surface area contributed by atoms with Gasteiger partial charge in [0.15, 0.2) is 5.13 Å². The Kier molecular flexibility index (Phi) is 7.00. The van der Waals surface area contributed by atoms with Gasteiger partial charge in [-0.1, -0.05) is 34.1 Å². The van der Waals surface area contributed by atoms with Crippen LogP contribution < -0.4 is 5.32 Å². The van der Waals surface area contributed by atoms with E-state index in [2.05, 4.69) is 17.2 Å². The van der Waals surface area contributed by atoms with Crippen molar-refractivity contribution in [3.05, 3.63) is 11.1 Å². The number of anilines is 1. The summed E-state index contributed by atoms with van der Waals surface area (Å²) in [6.45, 7) is 10.8. The van der Waals surface area contributed by atoms with E-state index in [1.807, 2.05) is 27.7 Å². The predicted octanol–water partition coefficient (Wildman–Crippen LogP) is 3.45. The molecule has 0 saturated carbocycles. The summed E-state index contributed by atoms with van der Waals surface area (Å²) in [6.07, 6.45) is 4.06. The highest BCUT2D eigenvalue weighted by molar-refractivity contribution is 7.15. The van der Waals surface area contributed by atoms with Crippen LogP contribution in [0.1, 0.15) is 51.8 Å². The van der Waals surface area contributed by atoms with Crippen LogP contribution in [-0.4, -0.2) is 34.8 Å². The fourth-order valence-electron chi connectivity index (χ4n) is 1.95. The topological polar surface area (TPSA) is 62.3 Å². The zero-order valence-corrected chi connectivity index (χ0v) is 15.0. The van der Waals surface area contributed by atoms with Crippen LogP contribution in [-0.2, 0) is 9.59 Å². The van der Waals surface area contributed by atoms with E-state index in [9.17, 15) is 9.59 Å². The first-order valence-corrected chi connectivity index (χ1v) is 8.53. The minimum atomic E-state index is -0.187. The Morgan fingerprint density at radius 2 is 2.05 bits per heavy atom. The van der Waals surface area contributed by atoms with Crippen LogP contribution in [0.5, 0.6) is 0 Å². The van der Waals surface area contributed by atoms with E-state index in [0.717, 1.165) is 17.7 Å². The van der Waals surface area contributed by atoms with Crippen molar-refractivity contribution in [2.45, 2.75) is 53.9 Å². The molecular weight excluding hydrogens is 298 g/mol. The molecule has 1 aromatic heterocycles. The van der Waals surface area contributed by atoms with Gasteiger partial charge in [0.25, 0.3) is 0 Å². The lowest BCUT2D eigenvalue weighted by molar-refractivity contribution is -0.136. The van der Waals surface area contributed by atoms with E-state index in [0.29, 0.717) is 18.1 Å². The molecule has 0 aliphatic rings. The van der Waals surface area contributed by atoms with Crippen LogP contribution in [0.25, 0.3) is 0 Å². The van der Waals surface area contributed by atoms with Crippen molar-refractivity contribution in [1.82, 2.24) is 9.88 Å². The van der Waals surface area contributed by atoms with Crippen molar-refractivity contribution in [3.8, 4) is 0 Å². The van der Waals surface area contributed by atoms with Gasteiger partial charge in [0.1, 0.15) is 0 Å². The summed E-state index contributed by atoms with van der Waals surface area (Å²) in [7, 11) is 0. The predicted molar refractivity (Wildman–Crippen MR) is 91.0 cm³/mol. The summed E-state index contributed by atoms with van der Waals surface area (Å²) in [5.74, 6) is -0.154. The first kappa shape index (κ1) is 18.6. The molecule has 5 nitrogen and oxygen atoms in total. The molecule has 1 heterocycles. The van der Waals surface area contributed by atoms with Crippen molar-refractivity contribution >= 4 is 28.3 Å². The molecule has 0 fully saturated rings. The Morgan fingerprint density at radius 1 is 1.36 bits per heavy atom. The second kappa shape index (κ2) is 8.27. The van der Waals surface area contributed by atoms with Crippen LogP contribution in [0.2, 0.25) is 0 Å². The maximum Gasteiger partial charge on any atom is 0.245 e. The van der Waals surface area contributed by atoms with Gasteiger partial charge >= 0.3 is 0 Å².